The number of alkyl halides is 1. The highest BCUT2D eigenvalue weighted by molar-refractivity contribution is 9.10. The molecular formula is C56H68BrFN8O5S. The number of aromatic nitrogens is 4. The van der Waals surface area contributed by atoms with Crippen LogP contribution in [0.2, 0.25) is 0 Å². The number of nitrogens with zero attached hydrogens (tertiary/aromatic N) is 6. The topological polar surface area (TPSA) is 154 Å². The van der Waals surface area contributed by atoms with E-state index in [0.29, 0.717) is 29.7 Å². The maximum atomic E-state index is 14.8. The second kappa shape index (κ2) is 20.4. The zero-order valence-electron chi connectivity index (χ0n) is 42.1. The fourth-order valence-electron chi connectivity index (χ4n) is 11.7. The highest BCUT2D eigenvalue weighted by atomic mass is 79.9. The van der Waals surface area contributed by atoms with Gasteiger partial charge in [-0.15, -0.1) is 11.3 Å². The smallest absolute Gasteiger partial charge is 0.283 e. The summed E-state index contributed by atoms with van der Waals surface area (Å²) in [5, 5.41) is 17.5. The van der Waals surface area contributed by atoms with Gasteiger partial charge in [-0.3, -0.25) is 23.6 Å². The van der Waals surface area contributed by atoms with Crippen molar-refractivity contribution < 1.29 is 23.9 Å². The SMILES string of the molecule is Cc1ncsc1-c1ccc([C@H](CC[C@@H](C)CCN2CCC(c3ccc4c(c3)n(C3CCCC3)c3nc(=O)c5c(Br)cccc5n43)CC2)NC(=O)[C@@H]2C[C@@H](O)CN2C(=O)[C@@H](NC(=O)C2(F)CC2)C(C)(C)C)cc1. The lowest BCUT2D eigenvalue weighted by atomic mass is 9.85. The largest absolute Gasteiger partial charge is 0.391 e. The van der Waals surface area contributed by atoms with Gasteiger partial charge in [-0.2, -0.15) is 4.98 Å². The standard InChI is InChI=1S/C56H68BrFN8O5S/c1-33(21-26-63-27-22-35(23-28-63)38-18-20-43-45(29-38)65(39-9-6-7-10-39)54-62-51(69)47-41(57)11-8-12-44(47)66(43)54)13-19-42(36-14-16-37(17-15-36)48-34(2)59-32-72-48)60-50(68)46-30-40(67)31-64(46)52(70)49(55(3,4)5)61-53(71)56(58)24-25-56/h8,11-12,14-18,20,29,32-33,35,39-40,42,46,49,67H,6-7,9-10,13,19,21-28,30-31H2,1-5H3,(H,60,68)(H,61,71)/t33-,40-,42+,46+,49-/m1/s1. The van der Waals surface area contributed by atoms with Crippen LogP contribution >= 0.6 is 27.3 Å². The molecule has 4 fully saturated rings. The number of aryl methyl sites for hydroxylation is 1. The quantitative estimate of drug-likeness (QED) is 0.0919. The number of thiazole rings is 1. The molecule has 3 amide bonds. The van der Waals surface area contributed by atoms with Gasteiger partial charge >= 0.3 is 0 Å². The van der Waals surface area contributed by atoms with Gasteiger partial charge in [0.15, 0.2) is 5.67 Å². The highest BCUT2D eigenvalue weighted by Crippen LogP contribution is 2.42. The number of halogens is 2. The van der Waals surface area contributed by atoms with Crippen LogP contribution in [0.1, 0.15) is 140 Å². The van der Waals surface area contributed by atoms with Gasteiger partial charge in [0.1, 0.15) is 12.1 Å². The second-order valence-electron chi connectivity index (χ2n) is 22.4. The van der Waals surface area contributed by atoms with Crippen LogP contribution in [0.15, 0.2) is 75.4 Å². The van der Waals surface area contributed by atoms with Gasteiger partial charge in [0.2, 0.25) is 17.6 Å². The van der Waals surface area contributed by atoms with Crippen LogP contribution < -0.4 is 16.2 Å². The van der Waals surface area contributed by atoms with Crippen molar-refractivity contribution in [2.45, 2.75) is 154 Å². The predicted octanol–water partition coefficient (Wildman–Crippen LogP) is 9.95. The van der Waals surface area contributed by atoms with Crippen molar-refractivity contribution in [3.8, 4) is 10.4 Å². The first-order valence-electron chi connectivity index (χ1n) is 26.1. The zero-order chi connectivity index (χ0) is 50.6. The Labute approximate surface area is 433 Å². The third-order valence-electron chi connectivity index (χ3n) is 16.2. The number of benzene rings is 3. The van der Waals surface area contributed by atoms with Gasteiger partial charge in [-0.25, -0.2) is 9.37 Å². The number of carbonyl (C=O) groups excluding carboxylic acids is 3. The summed E-state index contributed by atoms with van der Waals surface area (Å²) in [5.41, 5.74) is 6.32. The molecule has 6 aromatic rings. The molecule has 10 rings (SSSR count). The third-order valence-corrected chi connectivity index (χ3v) is 17.8. The maximum absolute atomic E-state index is 14.8. The molecule has 5 atom stereocenters. The molecule has 0 bridgehead atoms. The molecule has 0 spiro atoms. The second-order valence-corrected chi connectivity index (χ2v) is 24.1. The Morgan fingerprint density at radius 3 is 2.36 bits per heavy atom. The van der Waals surface area contributed by atoms with Crippen LogP contribution in [-0.2, 0) is 14.4 Å². The summed E-state index contributed by atoms with van der Waals surface area (Å²) in [6.07, 6.45) is 8.58. The van der Waals surface area contributed by atoms with Crippen molar-refractivity contribution in [1.29, 1.82) is 0 Å². The van der Waals surface area contributed by atoms with Crippen molar-refractivity contribution in [1.82, 2.24) is 39.4 Å². The summed E-state index contributed by atoms with van der Waals surface area (Å²) in [5.74, 6) is -0.136. The van der Waals surface area contributed by atoms with E-state index >= 15 is 0 Å². The number of hydrogen-bond acceptors (Lipinski definition) is 9. The van der Waals surface area contributed by atoms with Crippen LogP contribution in [0.25, 0.3) is 38.2 Å². The molecule has 3 N–H and O–H groups in total. The Morgan fingerprint density at radius 1 is 0.944 bits per heavy atom. The van der Waals surface area contributed by atoms with Gasteiger partial charge in [0, 0.05) is 23.5 Å². The lowest BCUT2D eigenvalue weighted by Gasteiger charge is -2.36. The summed E-state index contributed by atoms with van der Waals surface area (Å²) in [6, 6.07) is 19.0. The van der Waals surface area contributed by atoms with E-state index in [1.165, 1.54) is 23.3 Å². The molecule has 0 unspecified atom stereocenters. The van der Waals surface area contributed by atoms with Crippen molar-refractivity contribution in [3.05, 3.63) is 97.8 Å². The zero-order valence-corrected chi connectivity index (χ0v) is 44.5. The van der Waals surface area contributed by atoms with E-state index in [4.69, 9.17) is 4.98 Å². The van der Waals surface area contributed by atoms with Gasteiger partial charge in [-0.1, -0.05) is 76.9 Å². The first-order valence-corrected chi connectivity index (χ1v) is 27.8. The molecule has 16 heteroatoms. The molecule has 2 saturated carbocycles. The number of likely N-dealkylation sites (tertiary alicyclic amines) is 2. The van der Waals surface area contributed by atoms with Crippen molar-refractivity contribution >= 4 is 72.7 Å². The third kappa shape index (κ3) is 10.1. The Kier molecular flexibility index (Phi) is 14.3. The molecule has 5 heterocycles. The van der Waals surface area contributed by atoms with Crippen molar-refractivity contribution in [3.63, 3.8) is 0 Å². The fraction of sp³-hybridized carbons (Fsp3) is 0.536. The monoisotopic (exact) mass is 1060 g/mol. The molecule has 72 heavy (non-hydrogen) atoms. The molecular weight excluding hydrogens is 996 g/mol. The first kappa shape index (κ1) is 50.5. The normalized spacial score (nSPS) is 21.1. The number of piperidine rings is 1. The summed E-state index contributed by atoms with van der Waals surface area (Å²) in [7, 11) is 0. The molecule has 3 aromatic carbocycles. The molecule has 2 saturated heterocycles. The summed E-state index contributed by atoms with van der Waals surface area (Å²) >= 11 is 5.21. The minimum Gasteiger partial charge on any atom is -0.391 e. The summed E-state index contributed by atoms with van der Waals surface area (Å²) < 4.78 is 20.1. The van der Waals surface area contributed by atoms with Crippen molar-refractivity contribution in [2.75, 3.05) is 26.2 Å². The lowest BCUT2D eigenvalue weighted by Crippen LogP contribution is -2.59. The Morgan fingerprint density at radius 2 is 1.68 bits per heavy atom. The number of β-amino-alcohol motifs (C(OH)–C–C–N with tert-alkyl or cyclic N) is 1. The average Bonchev–Trinajstić information content (AvgIpc) is 3.81. The maximum Gasteiger partial charge on any atom is 0.283 e. The van der Waals surface area contributed by atoms with Gasteiger partial charge in [0.25, 0.3) is 11.5 Å². The van der Waals surface area contributed by atoms with E-state index < -0.39 is 41.1 Å². The number of amides is 3. The number of imidazole rings is 1. The van der Waals surface area contributed by atoms with Crippen LogP contribution in [0, 0.1) is 18.3 Å². The Bertz CT molecular complexity index is 3060. The van der Waals surface area contributed by atoms with Crippen molar-refractivity contribution in [2.24, 2.45) is 11.3 Å². The molecule has 2 aliphatic heterocycles. The van der Waals surface area contributed by atoms with E-state index in [2.05, 4.69) is 94.8 Å². The predicted molar refractivity (Wildman–Crippen MR) is 285 cm³/mol. The lowest BCUT2D eigenvalue weighted by molar-refractivity contribution is -0.145. The number of aliphatic hydroxyl groups is 1. The minimum atomic E-state index is -1.96. The Balaban J connectivity index is 0.801. The van der Waals surface area contributed by atoms with E-state index in [1.807, 2.05) is 30.6 Å². The number of aliphatic hydroxyl groups excluding tert-OH is 1. The van der Waals surface area contributed by atoms with Crippen LogP contribution in [0.4, 0.5) is 4.39 Å². The molecule has 2 aliphatic carbocycles. The van der Waals surface area contributed by atoms with Crippen LogP contribution in [0.5, 0.6) is 0 Å². The molecule has 382 valence electrons. The minimum absolute atomic E-state index is 0.0553. The number of fused-ring (bicyclic) bond motifs is 5. The summed E-state index contributed by atoms with van der Waals surface area (Å²) in [4.78, 5) is 69.2. The van der Waals surface area contributed by atoms with Gasteiger partial charge in [-0.05, 0) is 158 Å². The number of nitrogens with one attached hydrogen (secondary N) is 2. The highest BCUT2D eigenvalue weighted by Gasteiger charge is 2.53. The number of rotatable bonds is 15. The Hall–Kier alpha value is -5.03. The molecule has 0 radical (unpaired) electrons. The molecule has 4 aliphatic rings. The van der Waals surface area contributed by atoms with Gasteiger partial charge < -0.3 is 30.1 Å². The van der Waals surface area contributed by atoms with Crippen LogP contribution in [-0.4, -0.2) is 102 Å². The fourth-order valence-corrected chi connectivity index (χ4v) is 13.0. The van der Waals surface area contributed by atoms with E-state index in [9.17, 15) is 28.7 Å². The van der Waals surface area contributed by atoms with E-state index in [-0.39, 0.29) is 43.3 Å². The van der Waals surface area contributed by atoms with Gasteiger partial charge in [0.05, 0.1) is 50.2 Å². The van der Waals surface area contributed by atoms with E-state index in [1.54, 1.807) is 32.1 Å². The summed E-state index contributed by atoms with van der Waals surface area (Å²) in [6.45, 7) is 12.6. The first-order chi connectivity index (χ1) is 34.5. The van der Waals surface area contributed by atoms with Crippen LogP contribution in [0.3, 0.4) is 0 Å². The molecule has 3 aromatic heterocycles. The number of hydrogen-bond donors (Lipinski definition) is 3. The van der Waals surface area contributed by atoms with E-state index in [0.717, 1.165) is 107 Å². The average molecular weight is 1060 g/mol. The molecule has 13 nitrogen and oxygen atoms in total. The number of carbonyl (C=O) groups is 3.